The van der Waals surface area contributed by atoms with Crippen LogP contribution in [0.5, 0.6) is 0 Å². The second-order valence-electron chi connectivity index (χ2n) is 7.80. The molecule has 3 saturated heterocycles. The van der Waals surface area contributed by atoms with Gasteiger partial charge in [-0.2, -0.15) is 0 Å². The lowest BCUT2D eigenvalue weighted by atomic mass is 9.86. The topological polar surface area (TPSA) is 24.5 Å². The summed E-state index contributed by atoms with van der Waals surface area (Å²) >= 11 is 0. The summed E-state index contributed by atoms with van der Waals surface area (Å²) in [7, 11) is 0. The summed E-state index contributed by atoms with van der Waals surface area (Å²) in [6.45, 7) is 9.15. The quantitative estimate of drug-likeness (QED) is 0.842. The summed E-state index contributed by atoms with van der Waals surface area (Å²) in [6, 6.07) is 3.15. The number of nitrogens with zero attached hydrogens (tertiary/aromatic N) is 1. The van der Waals surface area contributed by atoms with Crippen LogP contribution in [0.3, 0.4) is 0 Å². The van der Waals surface area contributed by atoms with Crippen molar-refractivity contribution in [2.24, 2.45) is 0 Å². The molecule has 21 heavy (non-hydrogen) atoms. The molecule has 4 unspecified atom stereocenters. The molecule has 0 aromatic heterocycles. The molecule has 0 spiro atoms. The summed E-state index contributed by atoms with van der Waals surface area (Å²) in [6.07, 6.45) is 10.4. The maximum Gasteiger partial charge on any atom is 0.0666 e. The average molecular weight is 294 g/mol. The molecule has 0 radical (unpaired) electrons. The van der Waals surface area contributed by atoms with Crippen molar-refractivity contribution in [1.82, 2.24) is 10.2 Å². The van der Waals surface area contributed by atoms with Crippen molar-refractivity contribution in [3.05, 3.63) is 0 Å². The van der Waals surface area contributed by atoms with Crippen molar-refractivity contribution < 1.29 is 4.74 Å². The monoisotopic (exact) mass is 294 g/mol. The molecule has 3 rings (SSSR count). The molecular formula is C18H34N2O. The molecule has 122 valence electrons. The van der Waals surface area contributed by atoms with E-state index in [0.717, 1.165) is 37.2 Å². The van der Waals surface area contributed by atoms with E-state index in [9.17, 15) is 0 Å². The van der Waals surface area contributed by atoms with E-state index in [1.807, 2.05) is 0 Å². The highest BCUT2D eigenvalue weighted by molar-refractivity contribution is 4.98. The Morgan fingerprint density at radius 3 is 2.43 bits per heavy atom. The van der Waals surface area contributed by atoms with E-state index in [2.05, 4.69) is 31.0 Å². The van der Waals surface area contributed by atoms with Crippen LogP contribution in [0.4, 0.5) is 0 Å². The molecule has 0 aromatic rings. The van der Waals surface area contributed by atoms with Gasteiger partial charge in [-0.05, 0) is 64.8 Å². The first-order valence-electron chi connectivity index (χ1n) is 9.29. The van der Waals surface area contributed by atoms with E-state index < -0.39 is 0 Å². The largest absolute Gasteiger partial charge is 0.375 e. The van der Waals surface area contributed by atoms with Crippen molar-refractivity contribution in [3.8, 4) is 0 Å². The van der Waals surface area contributed by atoms with Crippen molar-refractivity contribution in [1.29, 1.82) is 0 Å². The van der Waals surface area contributed by atoms with Gasteiger partial charge < -0.3 is 10.1 Å². The summed E-state index contributed by atoms with van der Waals surface area (Å²) in [5.41, 5.74) is 0.112. The second-order valence-corrected chi connectivity index (χ2v) is 7.80. The summed E-state index contributed by atoms with van der Waals surface area (Å²) in [4.78, 5) is 2.88. The Hall–Kier alpha value is -0.120. The number of nitrogens with one attached hydrogen (secondary N) is 1. The van der Waals surface area contributed by atoms with E-state index in [0.29, 0.717) is 0 Å². The van der Waals surface area contributed by atoms with Gasteiger partial charge in [0.25, 0.3) is 0 Å². The van der Waals surface area contributed by atoms with E-state index in [4.69, 9.17) is 4.74 Å². The lowest BCUT2D eigenvalue weighted by Crippen LogP contribution is -2.55. The minimum atomic E-state index is 0.112. The van der Waals surface area contributed by atoms with E-state index in [1.165, 1.54) is 51.5 Å². The highest BCUT2D eigenvalue weighted by Gasteiger charge is 2.41. The van der Waals surface area contributed by atoms with Crippen LogP contribution in [0.2, 0.25) is 0 Å². The molecule has 1 N–H and O–H groups in total. The van der Waals surface area contributed by atoms with Crippen molar-refractivity contribution in [2.45, 2.75) is 102 Å². The summed E-state index contributed by atoms with van der Waals surface area (Å²) in [5.74, 6) is 0. The molecule has 3 aliphatic rings. The molecule has 3 heterocycles. The maximum atomic E-state index is 6.08. The van der Waals surface area contributed by atoms with Crippen LogP contribution in [0, 0.1) is 0 Å². The third-order valence-electron chi connectivity index (χ3n) is 6.18. The Morgan fingerprint density at radius 1 is 1.10 bits per heavy atom. The van der Waals surface area contributed by atoms with E-state index in [-0.39, 0.29) is 5.60 Å². The molecule has 0 saturated carbocycles. The van der Waals surface area contributed by atoms with Gasteiger partial charge >= 0.3 is 0 Å². The zero-order valence-corrected chi connectivity index (χ0v) is 14.2. The van der Waals surface area contributed by atoms with Crippen LogP contribution in [0.1, 0.15) is 72.1 Å². The van der Waals surface area contributed by atoms with Crippen LogP contribution in [0.25, 0.3) is 0 Å². The van der Waals surface area contributed by atoms with Crippen LogP contribution in [0.15, 0.2) is 0 Å². The zero-order chi connectivity index (χ0) is 14.9. The molecule has 3 aliphatic heterocycles. The molecule has 0 aliphatic carbocycles. The van der Waals surface area contributed by atoms with Gasteiger partial charge in [-0.1, -0.05) is 13.8 Å². The number of ether oxygens (including phenoxy) is 1. The fourth-order valence-corrected chi connectivity index (χ4v) is 4.85. The fraction of sp³-hybridized carbons (Fsp3) is 1.00. The minimum absolute atomic E-state index is 0.112. The summed E-state index contributed by atoms with van der Waals surface area (Å²) < 4.78 is 6.08. The molecule has 3 fully saturated rings. The lowest BCUT2D eigenvalue weighted by molar-refractivity contribution is -0.104. The molecular weight excluding hydrogens is 260 g/mol. The van der Waals surface area contributed by atoms with Crippen molar-refractivity contribution in [3.63, 3.8) is 0 Å². The summed E-state index contributed by atoms with van der Waals surface area (Å²) in [5, 5.41) is 3.80. The highest BCUT2D eigenvalue weighted by atomic mass is 16.5. The number of fused-ring (bicyclic) bond motifs is 2. The number of piperidine rings is 1. The van der Waals surface area contributed by atoms with Gasteiger partial charge in [0.15, 0.2) is 0 Å². The smallest absolute Gasteiger partial charge is 0.0666 e. The molecule has 2 bridgehead atoms. The first-order valence-corrected chi connectivity index (χ1v) is 9.29. The van der Waals surface area contributed by atoms with Crippen LogP contribution >= 0.6 is 0 Å². The van der Waals surface area contributed by atoms with Gasteiger partial charge in [0.2, 0.25) is 0 Å². The molecule has 3 nitrogen and oxygen atoms in total. The predicted octanol–water partition coefficient (Wildman–Crippen LogP) is 3.33. The molecule has 0 amide bonds. The Balaban J connectivity index is 1.68. The van der Waals surface area contributed by atoms with Gasteiger partial charge in [-0.3, -0.25) is 4.90 Å². The van der Waals surface area contributed by atoms with Crippen LogP contribution < -0.4 is 5.32 Å². The maximum absolute atomic E-state index is 6.08. The van der Waals surface area contributed by atoms with Crippen LogP contribution in [-0.2, 0) is 4.74 Å². The number of hydrogen-bond acceptors (Lipinski definition) is 3. The zero-order valence-electron chi connectivity index (χ0n) is 14.2. The first-order chi connectivity index (χ1) is 10.1. The van der Waals surface area contributed by atoms with Gasteiger partial charge in [-0.15, -0.1) is 0 Å². The van der Waals surface area contributed by atoms with Gasteiger partial charge in [0.05, 0.1) is 5.60 Å². The van der Waals surface area contributed by atoms with Crippen molar-refractivity contribution in [2.75, 3.05) is 13.2 Å². The Morgan fingerprint density at radius 2 is 1.81 bits per heavy atom. The number of rotatable bonds is 5. The predicted molar refractivity (Wildman–Crippen MR) is 87.6 cm³/mol. The fourth-order valence-electron chi connectivity index (χ4n) is 4.85. The van der Waals surface area contributed by atoms with E-state index in [1.54, 1.807) is 0 Å². The standard InChI is InChI=1S/C18H34N2O/c1-4-9-20(16-8-10-21-18(3,5-2)13-16)17-11-14-6-7-15(12-17)19-14/h14-17,19H,4-13H2,1-3H3. The Kier molecular flexibility index (Phi) is 4.92. The van der Waals surface area contributed by atoms with Gasteiger partial charge in [0, 0.05) is 30.8 Å². The first kappa shape index (κ1) is 15.8. The molecule has 4 atom stereocenters. The minimum Gasteiger partial charge on any atom is -0.375 e. The van der Waals surface area contributed by atoms with Crippen LogP contribution in [-0.4, -0.2) is 47.8 Å². The number of hydrogen-bond donors (Lipinski definition) is 1. The average Bonchev–Trinajstić information content (AvgIpc) is 2.83. The van der Waals surface area contributed by atoms with Gasteiger partial charge in [0.1, 0.15) is 0 Å². The molecule has 3 heteroatoms. The van der Waals surface area contributed by atoms with Crippen molar-refractivity contribution >= 4 is 0 Å². The lowest BCUT2D eigenvalue weighted by Gasteiger charge is -2.47. The SMILES string of the molecule is CCCN(C1CC2CCC(C1)N2)C1CCOC(C)(CC)C1. The van der Waals surface area contributed by atoms with E-state index >= 15 is 0 Å². The molecule has 0 aromatic carbocycles. The highest BCUT2D eigenvalue weighted by Crippen LogP contribution is 2.36. The third kappa shape index (κ3) is 3.46. The second kappa shape index (κ2) is 6.55. The third-order valence-corrected chi connectivity index (χ3v) is 6.18. The Labute approximate surface area is 130 Å². The Bertz CT molecular complexity index is 336. The van der Waals surface area contributed by atoms with Gasteiger partial charge in [-0.25, -0.2) is 0 Å². The normalized spacial score (nSPS) is 43.4.